The first-order valence-corrected chi connectivity index (χ1v) is 5.65. The third-order valence-electron chi connectivity index (χ3n) is 1.08. The molecular weight excluding hydrogens is 236 g/mol. The third kappa shape index (κ3) is 9.17. The van der Waals surface area contributed by atoms with Gasteiger partial charge in [0.15, 0.2) is 0 Å². The van der Waals surface area contributed by atoms with E-state index in [1.165, 1.54) is 0 Å². The molecule has 3 nitrogen and oxygen atoms in total. The van der Waals surface area contributed by atoms with Gasteiger partial charge in [0.2, 0.25) is 7.44 Å². The molecule has 0 aliphatic rings. The van der Waals surface area contributed by atoms with Crippen molar-refractivity contribution < 1.29 is 37.3 Å². The Balaban J connectivity index is 0. The Morgan fingerprint density at radius 3 is 2.36 bits per heavy atom. The van der Waals surface area contributed by atoms with Crippen molar-refractivity contribution in [2.45, 2.75) is 13.3 Å². The Labute approximate surface area is 94.4 Å². The van der Waals surface area contributed by atoms with Crippen LogP contribution < -0.4 is 10.2 Å². The molecule has 0 aromatic carbocycles. The van der Waals surface area contributed by atoms with Crippen molar-refractivity contribution in [3.8, 4) is 0 Å². The van der Waals surface area contributed by atoms with Crippen molar-refractivity contribution in [2.75, 3.05) is 19.8 Å². The minimum absolute atomic E-state index is 0. The summed E-state index contributed by atoms with van der Waals surface area (Å²) in [5, 5.41) is 5.70. The number of hydrogen-bond donors (Lipinski definition) is 2. The van der Waals surface area contributed by atoms with E-state index in [2.05, 4.69) is 17.1 Å². The van der Waals surface area contributed by atoms with Gasteiger partial charge in [0.05, 0.1) is 0 Å². The summed E-state index contributed by atoms with van der Waals surface area (Å²) in [4.78, 5) is 0. The molecule has 0 amide bonds. The van der Waals surface area contributed by atoms with E-state index in [9.17, 15) is 4.57 Å². The average molecular weight is 252 g/mol. The minimum atomic E-state index is -2.27. The van der Waals surface area contributed by atoms with Crippen LogP contribution in [0.25, 0.3) is 0 Å². The summed E-state index contributed by atoms with van der Waals surface area (Å²) in [5.74, 6) is 0. The number of rotatable bonds is 5. The van der Waals surface area contributed by atoms with Gasteiger partial charge in [-0.05, 0) is 6.42 Å². The van der Waals surface area contributed by atoms with E-state index in [-0.39, 0.29) is 32.7 Å². The Morgan fingerprint density at radius 2 is 2.00 bits per heavy atom. The van der Waals surface area contributed by atoms with E-state index in [0.717, 1.165) is 13.0 Å². The number of nitrogens with one attached hydrogen (secondary N) is 2. The van der Waals surface area contributed by atoms with Crippen LogP contribution in [0.15, 0.2) is 0 Å². The van der Waals surface area contributed by atoms with Crippen LogP contribution in [0.5, 0.6) is 0 Å². The SMILES string of the molecule is [CH2-]CNP(C)(=O)NCCC.[Y]. The van der Waals surface area contributed by atoms with Crippen molar-refractivity contribution in [3.05, 3.63) is 6.92 Å². The Kier molecular flexibility index (Phi) is 10.6. The quantitative estimate of drug-likeness (QED) is 0.571. The van der Waals surface area contributed by atoms with Gasteiger partial charge in [0.25, 0.3) is 0 Å². The van der Waals surface area contributed by atoms with Crippen LogP contribution in [0.3, 0.4) is 0 Å². The van der Waals surface area contributed by atoms with E-state index in [1.807, 2.05) is 6.92 Å². The smallest absolute Gasteiger partial charge is 0.205 e. The summed E-state index contributed by atoms with van der Waals surface area (Å²) in [6, 6.07) is 0. The third-order valence-corrected chi connectivity index (χ3v) is 2.73. The Hall–Kier alpha value is 1.25. The zero-order valence-electron chi connectivity index (χ0n) is 7.26. The van der Waals surface area contributed by atoms with Crippen molar-refractivity contribution in [2.24, 2.45) is 0 Å². The topological polar surface area (TPSA) is 41.1 Å². The molecule has 0 aromatic heterocycles. The molecule has 2 N–H and O–H groups in total. The van der Waals surface area contributed by atoms with Crippen LogP contribution in [0.4, 0.5) is 0 Å². The van der Waals surface area contributed by atoms with Crippen molar-refractivity contribution >= 4 is 7.44 Å². The van der Waals surface area contributed by atoms with E-state index >= 15 is 0 Å². The summed E-state index contributed by atoms with van der Waals surface area (Å²) in [5.41, 5.74) is 0. The largest absolute Gasteiger partial charge is 0.329 e. The average Bonchev–Trinajstić information content (AvgIpc) is 1.84. The molecule has 1 atom stereocenters. The summed E-state index contributed by atoms with van der Waals surface area (Å²) in [7, 11) is -2.27. The first-order chi connectivity index (χ1) is 4.62. The molecule has 0 aliphatic heterocycles. The van der Waals surface area contributed by atoms with E-state index in [1.54, 1.807) is 6.66 Å². The van der Waals surface area contributed by atoms with Crippen LogP contribution in [0.1, 0.15) is 13.3 Å². The standard InChI is InChI=1S/C6H16N2OP.Y/c1-4-6-8-10(3,9)7-5-2;/h2,4-6H2,1,3H3,(H2,7,8,9);/q-1;. The number of hydrogen-bond acceptors (Lipinski definition) is 1. The second kappa shape index (κ2) is 7.88. The zero-order valence-corrected chi connectivity index (χ0v) is 11.0. The van der Waals surface area contributed by atoms with Crippen LogP contribution in [0.2, 0.25) is 0 Å². The molecule has 0 heterocycles. The first-order valence-electron chi connectivity index (χ1n) is 3.49. The molecule has 5 heteroatoms. The van der Waals surface area contributed by atoms with Gasteiger partial charge in [-0.25, -0.2) is 0 Å². The zero-order chi connectivity index (χ0) is 8.04. The van der Waals surface area contributed by atoms with Crippen LogP contribution in [-0.4, -0.2) is 19.8 Å². The van der Waals surface area contributed by atoms with E-state index in [4.69, 9.17) is 0 Å². The van der Waals surface area contributed by atoms with Gasteiger partial charge in [0, 0.05) is 45.9 Å². The van der Waals surface area contributed by atoms with Gasteiger partial charge >= 0.3 is 0 Å². The fourth-order valence-electron chi connectivity index (χ4n) is 0.594. The molecule has 65 valence electrons. The molecule has 0 saturated carbocycles. The molecule has 0 fully saturated rings. The second-order valence-corrected chi connectivity index (χ2v) is 4.72. The van der Waals surface area contributed by atoms with Crippen molar-refractivity contribution in [1.29, 1.82) is 0 Å². The monoisotopic (exact) mass is 252 g/mol. The van der Waals surface area contributed by atoms with E-state index < -0.39 is 7.44 Å². The molecule has 1 radical (unpaired) electrons. The summed E-state index contributed by atoms with van der Waals surface area (Å²) < 4.78 is 11.3. The van der Waals surface area contributed by atoms with Gasteiger partial charge in [-0.3, -0.25) is 14.7 Å². The fourth-order valence-corrected chi connectivity index (χ4v) is 1.78. The van der Waals surface area contributed by atoms with Crippen molar-refractivity contribution in [3.63, 3.8) is 0 Å². The maximum atomic E-state index is 11.3. The molecule has 0 aromatic rings. The maximum absolute atomic E-state index is 11.3. The molecule has 0 spiro atoms. The predicted octanol–water partition coefficient (Wildman–Crippen LogP) is 1.23. The first kappa shape index (κ1) is 14.8. The van der Waals surface area contributed by atoms with Gasteiger partial charge < -0.3 is 6.92 Å². The van der Waals surface area contributed by atoms with Crippen LogP contribution >= 0.6 is 7.44 Å². The van der Waals surface area contributed by atoms with Gasteiger partial charge in [-0.1, -0.05) is 6.92 Å². The summed E-state index contributed by atoms with van der Waals surface area (Å²) in [6.07, 6.45) is 0.997. The summed E-state index contributed by atoms with van der Waals surface area (Å²) >= 11 is 0. The molecule has 0 bridgehead atoms. The predicted molar refractivity (Wildman–Crippen MR) is 45.2 cm³/mol. The van der Waals surface area contributed by atoms with Gasteiger partial charge in [-0.2, -0.15) is 0 Å². The van der Waals surface area contributed by atoms with E-state index in [0.29, 0.717) is 6.54 Å². The molecule has 1 unspecified atom stereocenters. The van der Waals surface area contributed by atoms with Gasteiger partial charge in [0.1, 0.15) is 0 Å². The molecule has 0 aliphatic carbocycles. The molecule has 0 saturated heterocycles. The molecular formula is C6H16N2OPY-. The molecule has 0 rings (SSSR count). The van der Waals surface area contributed by atoms with Crippen LogP contribution in [0, 0.1) is 6.92 Å². The Morgan fingerprint density at radius 1 is 1.45 bits per heavy atom. The molecule has 11 heavy (non-hydrogen) atoms. The maximum Gasteiger partial charge on any atom is 0.205 e. The van der Waals surface area contributed by atoms with Gasteiger partial charge in [-0.15, -0.1) is 6.54 Å². The normalized spacial score (nSPS) is 15.2. The second-order valence-electron chi connectivity index (χ2n) is 2.24. The van der Waals surface area contributed by atoms with Crippen molar-refractivity contribution in [1.82, 2.24) is 10.2 Å². The fraction of sp³-hybridized carbons (Fsp3) is 0.833. The van der Waals surface area contributed by atoms with Crippen LogP contribution in [-0.2, 0) is 37.3 Å². The summed E-state index contributed by atoms with van der Waals surface area (Å²) in [6.45, 7) is 8.57. The Bertz CT molecular complexity index is 132. The minimum Gasteiger partial charge on any atom is -0.329 e.